The van der Waals surface area contributed by atoms with Crippen LogP contribution in [0.3, 0.4) is 0 Å². The van der Waals surface area contributed by atoms with Gasteiger partial charge in [0, 0.05) is 17.6 Å². The van der Waals surface area contributed by atoms with Crippen LogP contribution in [0.15, 0.2) is 70.7 Å². The van der Waals surface area contributed by atoms with Crippen LogP contribution < -0.4 is 10.0 Å². The lowest BCUT2D eigenvalue weighted by Gasteiger charge is -2.23. The zero-order valence-corrected chi connectivity index (χ0v) is 17.1. The molecule has 0 bridgehead atoms. The highest BCUT2D eigenvalue weighted by Gasteiger charge is 2.33. The average Bonchev–Trinajstić information content (AvgIpc) is 2.73. The molecule has 0 unspecified atom stereocenters. The Balaban J connectivity index is 1.58. The number of nitrogens with one attached hydrogen (secondary N) is 2. The first-order valence-electron chi connectivity index (χ1n) is 9.02. The average molecular weight is 449 g/mol. The molecule has 1 aliphatic heterocycles. The molecule has 0 fully saturated rings. The third kappa shape index (κ3) is 4.55. The molecule has 0 radical (unpaired) electrons. The Morgan fingerprint density at radius 1 is 1.00 bits per heavy atom. The number of benzene rings is 2. The lowest BCUT2D eigenvalue weighted by atomic mass is 10.0. The van der Waals surface area contributed by atoms with Gasteiger partial charge in [-0.25, -0.2) is 4.99 Å². The minimum Gasteiger partial charge on any atom is -0.324 e. The van der Waals surface area contributed by atoms with Crippen LogP contribution in [0.1, 0.15) is 22.4 Å². The third-order valence-corrected chi connectivity index (χ3v) is 5.76. The summed E-state index contributed by atoms with van der Waals surface area (Å²) in [6.45, 7) is -0.201. The molecule has 4 nitrogen and oxygen atoms in total. The Morgan fingerprint density at radius 3 is 2.60 bits per heavy atom. The Morgan fingerprint density at radius 2 is 1.80 bits per heavy atom. The van der Waals surface area contributed by atoms with E-state index in [1.165, 1.54) is 24.2 Å². The van der Waals surface area contributed by atoms with E-state index in [9.17, 15) is 13.2 Å². The second kappa shape index (κ2) is 8.57. The van der Waals surface area contributed by atoms with E-state index in [-0.39, 0.29) is 12.2 Å². The molecule has 0 saturated heterocycles. The summed E-state index contributed by atoms with van der Waals surface area (Å²) in [6.07, 6.45) is -2.53. The van der Waals surface area contributed by atoms with Gasteiger partial charge in [-0.3, -0.25) is 9.71 Å². The lowest BCUT2D eigenvalue weighted by molar-refractivity contribution is -0.138. The number of pyridine rings is 1. The molecule has 2 N–H and O–H groups in total. The van der Waals surface area contributed by atoms with Gasteiger partial charge in [0.15, 0.2) is 0 Å². The Kier molecular flexibility index (Phi) is 5.87. The van der Waals surface area contributed by atoms with Crippen LogP contribution in [0, 0.1) is 0 Å². The summed E-state index contributed by atoms with van der Waals surface area (Å²) in [5, 5.41) is 3.88. The second-order valence-corrected chi connectivity index (χ2v) is 7.80. The maximum Gasteiger partial charge on any atom is 0.418 e. The van der Waals surface area contributed by atoms with Crippen LogP contribution in [0.2, 0.25) is 5.02 Å². The number of aromatic nitrogens is 1. The van der Waals surface area contributed by atoms with E-state index in [1.54, 1.807) is 0 Å². The van der Waals surface area contributed by atoms with Crippen molar-refractivity contribution in [2.24, 2.45) is 4.99 Å². The smallest absolute Gasteiger partial charge is 0.324 e. The van der Waals surface area contributed by atoms with Crippen molar-refractivity contribution in [3.8, 4) is 0 Å². The molecular formula is C21H16ClF3N4S. The summed E-state index contributed by atoms with van der Waals surface area (Å²) in [5.41, 5.74) is 1.95. The SMILES string of the molecule is FC(F)(F)c1cccnc1CN=C1NSc2cccc(Cc3ccccc3Cl)c2N1. The van der Waals surface area contributed by atoms with Crippen LogP contribution in [0.25, 0.3) is 0 Å². The molecule has 0 amide bonds. The third-order valence-electron chi connectivity index (χ3n) is 4.53. The van der Waals surface area contributed by atoms with Crippen molar-refractivity contribution < 1.29 is 13.2 Å². The van der Waals surface area contributed by atoms with Gasteiger partial charge in [-0.05, 0) is 47.3 Å². The van der Waals surface area contributed by atoms with Crippen LogP contribution in [-0.2, 0) is 19.1 Å². The Bertz CT molecular complexity index is 1100. The number of fused-ring (bicyclic) bond motifs is 1. The molecule has 9 heteroatoms. The van der Waals surface area contributed by atoms with Gasteiger partial charge in [0.1, 0.15) is 0 Å². The minimum absolute atomic E-state index is 0.124. The fourth-order valence-electron chi connectivity index (χ4n) is 3.09. The molecule has 0 saturated carbocycles. The summed E-state index contributed by atoms with van der Waals surface area (Å²) >= 11 is 7.65. The van der Waals surface area contributed by atoms with E-state index in [0.717, 1.165) is 27.8 Å². The molecule has 0 aliphatic carbocycles. The second-order valence-electron chi connectivity index (χ2n) is 6.55. The maximum absolute atomic E-state index is 13.2. The van der Waals surface area contributed by atoms with Crippen molar-refractivity contribution in [1.82, 2.24) is 9.71 Å². The van der Waals surface area contributed by atoms with Gasteiger partial charge < -0.3 is 5.32 Å². The van der Waals surface area contributed by atoms with Gasteiger partial charge >= 0.3 is 6.18 Å². The van der Waals surface area contributed by atoms with Crippen molar-refractivity contribution in [3.05, 3.63) is 88.2 Å². The number of guanidine groups is 1. The fourth-order valence-corrected chi connectivity index (χ4v) is 4.05. The summed E-state index contributed by atoms with van der Waals surface area (Å²) in [6, 6.07) is 15.8. The predicted octanol–water partition coefficient (Wildman–Crippen LogP) is 5.92. The maximum atomic E-state index is 13.2. The standard InChI is InChI=1S/C21H16ClF3N4S/c22-16-8-2-1-5-13(16)11-14-6-3-9-18-19(14)28-20(29-30-18)27-12-17-15(21(23,24)25)7-4-10-26-17/h1-10H,11-12H2,(H2,27,28,29). The van der Waals surface area contributed by atoms with Crippen molar-refractivity contribution in [1.29, 1.82) is 0 Å². The lowest BCUT2D eigenvalue weighted by Crippen LogP contribution is -2.30. The molecule has 0 spiro atoms. The van der Waals surface area contributed by atoms with Crippen molar-refractivity contribution >= 4 is 35.2 Å². The molecule has 2 heterocycles. The highest BCUT2D eigenvalue weighted by atomic mass is 35.5. The molecule has 4 rings (SSSR count). The fraction of sp³-hybridized carbons (Fsp3) is 0.143. The molecule has 1 aliphatic rings. The summed E-state index contributed by atoms with van der Waals surface area (Å²) in [4.78, 5) is 9.10. The number of halogens is 4. The number of hydrogen-bond donors (Lipinski definition) is 2. The van der Waals surface area contributed by atoms with Crippen molar-refractivity contribution in [3.63, 3.8) is 0 Å². The van der Waals surface area contributed by atoms with Gasteiger partial charge in [0.05, 0.1) is 28.4 Å². The van der Waals surface area contributed by atoms with E-state index >= 15 is 0 Å². The topological polar surface area (TPSA) is 49.3 Å². The normalized spacial score (nSPS) is 14.7. The van der Waals surface area contributed by atoms with Crippen molar-refractivity contribution in [2.45, 2.75) is 24.0 Å². The number of hydrogen-bond acceptors (Lipinski definition) is 3. The first-order chi connectivity index (χ1) is 14.4. The van der Waals surface area contributed by atoms with Gasteiger partial charge in [0.25, 0.3) is 0 Å². The zero-order chi connectivity index (χ0) is 21.1. The number of aliphatic imine (C=N–C) groups is 1. The van der Waals surface area contributed by atoms with Crippen LogP contribution >= 0.6 is 23.5 Å². The zero-order valence-electron chi connectivity index (χ0n) is 15.5. The highest BCUT2D eigenvalue weighted by Crippen LogP contribution is 2.34. The molecule has 1 aromatic heterocycles. The predicted molar refractivity (Wildman–Crippen MR) is 114 cm³/mol. The van der Waals surface area contributed by atoms with Crippen LogP contribution in [0.4, 0.5) is 18.9 Å². The van der Waals surface area contributed by atoms with E-state index in [2.05, 4.69) is 20.0 Å². The van der Waals surface area contributed by atoms with Crippen LogP contribution in [-0.4, -0.2) is 10.9 Å². The molecular weight excluding hydrogens is 433 g/mol. The summed E-state index contributed by atoms with van der Waals surface area (Å²) < 4.78 is 42.5. The number of alkyl halides is 3. The number of para-hydroxylation sites is 1. The van der Waals surface area contributed by atoms with Gasteiger partial charge in [-0.2, -0.15) is 13.2 Å². The molecule has 3 aromatic rings. The van der Waals surface area contributed by atoms with Gasteiger partial charge in [0.2, 0.25) is 5.96 Å². The summed E-state index contributed by atoms with van der Waals surface area (Å²) in [5.74, 6) is 0.373. The quantitative estimate of drug-likeness (QED) is 0.486. The number of rotatable bonds is 4. The Labute approximate surface area is 180 Å². The summed E-state index contributed by atoms with van der Waals surface area (Å²) in [7, 11) is 0. The van der Waals surface area contributed by atoms with E-state index < -0.39 is 11.7 Å². The van der Waals surface area contributed by atoms with Gasteiger partial charge in [-0.1, -0.05) is 41.9 Å². The van der Waals surface area contributed by atoms with E-state index in [1.807, 2.05) is 42.5 Å². The largest absolute Gasteiger partial charge is 0.418 e. The van der Waals surface area contributed by atoms with E-state index in [0.29, 0.717) is 17.4 Å². The molecule has 154 valence electrons. The first-order valence-corrected chi connectivity index (χ1v) is 10.2. The van der Waals surface area contributed by atoms with E-state index in [4.69, 9.17) is 11.6 Å². The molecule has 2 aromatic carbocycles. The molecule has 0 atom stereocenters. The number of anilines is 1. The van der Waals surface area contributed by atoms with Crippen molar-refractivity contribution in [2.75, 3.05) is 5.32 Å². The first kappa shape index (κ1) is 20.6. The monoisotopic (exact) mass is 448 g/mol. The van der Waals surface area contributed by atoms with Gasteiger partial charge in [-0.15, -0.1) is 0 Å². The Hall–Kier alpha value is -2.71. The van der Waals surface area contributed by atoms with Crippen LogP contribution in [0.5, 0.6) is 0 Å². The minimum atomic E-state index is -4.47. The highest BCUT2D eigenvalue weighted by molar-refractivity contribution is 7.98. The number of nitrogens with zero attached hydrogens (tertiary/aromatic N) is 2. The molecule has 30 heavy (non-hydrogen) atoms.